The zero-order valence-electron chi connectivity index (χ0n) is 15.5. The van der Waals surface area contributed by atoms with Crippen LogP contribution in [0.3, 0.4) is 0 Å². The van der Waals surface area contributed by atoms with Crippen LogP contribution in [0.1, 0.15) is 15.9 Å². The second-order valence-electron chi connectivity index (χ2n) is 6.28. The van der Waals surface area contributed by atoms with Crippen LogP contribution in [-0.2, 0) is 11.3 Å². The molecule has 4 aromatic rings. The van der Waals surface area contributed by atoms with Crippen LogP contribution in [0.25, 0.3) is 16.6 Å². The molecule has 0 aliphatic heterocycles. The number of carbonyl (C=O) groups excluding carboxylic acids is 1. The maximum atomic E-state index is 13.5. The fourth-order valence-corrected chi connectivity index (χ4v) is 2.99. The van der Waals surface area contributed by atoms with Crippen molar-refractivity contribution < 1.29 is 18.7 Å². The minimum absolute atomic E-state index is 0.0900. The van der Waals surface area contributed by atoms with Crippen LogP contribution < -0.4 is 10.5 Å². The van der Waals surface area contributed by atoms with Gasteiger partial charge in [0.25, 0.3) is 0 Å². The highest BCUT2D eigenvalue weighted by Gasteiger charge is 2.14. The first-order chi connectivity index (χ1) is 14.0. The van der Waals surface area contributed by atoms with Gasteiger partial charge < -0.3 is 15.2 Å². The number of esters is 1. The Hall–Kier alpha value is -3.94. The Balaban J connectivity index is 1.69. The van der Waals surface area contributed by atoms with E-state index in [2.05, 4.69) is 10.1 Å². The molecule has 4 rings (SSSR count). The molecule has 2 aromatic heterocycles. The standard InChI is InChI=1S/C21H17FN4O3/c1-28-21(27)13-3-6-18(26-8-2-7-24-26)15(9-13)12-29-19-11-14-10-16(22)4-5-17(14)25-20(19)23/h2-11H,12H2,1H3,(H2,23,25). The number of pyridine rings is 1. The Morgan fingerprint density at radius 3 is 2.83 bits per heavy atom. The number of halogens is 1. The summed E-state index contributed by atoms with van der Waals surface area (Å²) in [4.78, 5) is 16.2. The van der Waals surface area contributed by atoms with Crippen LogP contribution in [0.5, 0.6) is 5.75 Å². The Morgan fingerprint density at radius 2 is 2.07 bits per heavy atom. The Labute approximate surface area is 165 Å². The van der Waals surface area contributed by atoms with Crippen LogP contribution in [0.2, 0.25) is 0 Å². The molecular weight excluding hydrogens is 375 g/mol. The van der Waals surface area contributed by atoms with E-state index < -0.39 is 5.97 Å². The molecule has 146 valence electrons. The summed E-state index contributed by atoms with van der Waals surface area (Å²) in [6, 6.07) is 12.8. The number of ether oxygens (including phenoxy) is 2. The molecule has 0 radical (unpaired) electrons. The van der Waals surface area contributed by atoms with E-state index in [-0.39, 0.29) is 18.2 Å². The number of hydrogen-bond acceptors (Lipinski definition) is 6. The summed E-state index contributed by atoms with van der Waals surface area (Å²) in [5.41, 5.74) is 8.38. The molecule has 29 heavy (non-hydrogen) atoms. The third kappa shape index (κ3) is 3.73. The first-order valence-electron chi connectivity index (χ1n) is 8.75. The van der Waals surface area contributed by atoms with Gasteiger partial charge in [0.2, 0.25) is 0 Å². The Kier molecular flexibility index (Phi) is 4.82. The number of benzene rings is 2. The van der Waals surface area contributed by atoms with Gasteiger partial charge in [0, 0.05) is 23.3 Å². The molecule has 0 saturated carbocycles. The number of aromatic nitrogens is 3. The van der Waals surface area contributed by atoms with Crippen molar-refractivity contribution in [3.8, 4) is 11.4 Å². The molecule has 0 bridgehead atoms. The molecular formula is C21H17FN4O3. The maximum absolute atomic E-state index is 13.5. The zero-order chi connectivity index (χ0) is 20.4. The minimum atomic E-state index is -0.458. The molecule has 0 saturated heterocycles. The van der Waals surface area contributed by atoms with E-state index in [4.69, 9.17) is 15.2 Å². The summed E-state index contributed by atoms with van der Waals surface area (Å²) in [6.07, 6.45) is 3.43. The smallest absolute Gasteiger partial charge is 0.337 e. The number of nitrogen functional groups attached to an aromatic ring is 1. The van der Waals surface area contributed by atoms with Crippen molar-refractivity contribution >= 4 is 22.7 Å². The molecule has 0 aliphatic carbocycles. The lowest BCUT2D eigenvalue weighted by atomic mass is 10.1. The number of anilines is 1. The highest BCUT2D eigenvalue weighted by molar-refractivity contribution is 5.90. The van der Waals surface area contributed by atoms with E-state index in [1.807, 2.05) is 0 Å². The largest absolute Gasteiger partial charge is 0.485 e. The third-order valence-corrected chi connectivity index (χ3v) is 4.40. The fraction of sp³-hybridized carbons (Fsp3) is 0.0952. The lowest BCUT2D eigenvalue weighted by Gasteiger charge is -2.14. The zero-order valence-corrected chi connectivity index (χ0v) is 15.5. The SMILES string of the molecule is COC(=O)c1ccc(-n2cccn2)c(COc2cc3cc(F)ccc3nc2N)c1. The van der Waals surface area contributed by atoms with Gasteiger partial charge in [-0.25, -0.2) is 18.9 Å². The van der Waals surface area contributed by atoms with E-state index in [1.165, 1.54) is 19.2 Å². The predicted molar refractivity (Wildman–Crippen MR) is 105 cm³/mol. The molecule has 0 unspecified atom stereocenters. The van der Waals surface area contributed by atoms with Gasteiger partial charge in [-0.05, 0) is 48.5 Å². The van der Waals surface area contributed by atoms with Crippen molar-refractivity contribution in [1.82, 2.24) is 14.8 Å². The molecule has 7 nitrogen and oxygen atoms in total. The monoisotopic (exact) mass is 392 g/mol. The summed E-state index contributed by atoms with van der Waals surface area (Å²) < 4.78 is 25.9. The van der Waals surface area contributed by atoms with E-state index in [0.29, 0.717) is 27.8 Å². The Bertz CT molecular complexity index is 1190. The second-order valence-corrected chi connectivity index (χ2v) is 6.28. The average molecular weight is 392 g/mol. The van der Waals surface area contributed by atoms with Gasteiger partial charge in [-0.2, -0.15) is 5.10 Å². The number of nitrogens with zero attached hydrogens (tertiary/aromatic N) is 3. The van der Waals surface area contributed by atoms with Crippen LogP contribution in [0.15, 0.2) is 60.9 Å². The maximum Gasteiger partial charge on any atom is 0.337 e. The quantitative estimate of drug-likeness (QED) is 0.523. The number of fused-ring (bicyclic) bond motifs is 1. The topological polar surface area (TPSA) is 92.3 Å². The number of methoxy groups -OCH3 is 1. The average Bonchev–Trinajstić information content (AvgIpc) is 3.26. The fourth-order valence-electron chi connectivity index (χ4n) is 2.99. The molecule has 0 amide bonds. The predicted octanol–water partition coefficient (Wildman–Crippen LogP) is 3.51. The van der Waals surface area contributed by atoms with E-state index in [1.54, 1.807) is 53.5 Å². The minimum Gasteiger partial charge on any atom is -0.485 e. The molecule has 2 heterocycles. The van der Waals surface area contributed by atoms with Gasteiger partial charge >= 0.3 is 5.97 Å². The van der Waals surface area contributed by atoms with Gasteiger partial charge in [0.15, 0.2) is 11.6 Å². The van der Waals surface area contributed by atoms with Crippen molar-refractivity contribution in [3.05, 3.63) is 77.9 Å². The number of rotatable bonds is 5. The van der Waals surface area contributed by atoms with Crippen molar-refractivity contribution in [2.75, 3.05) is 12.8 Å². The van der Waals surface area contributed by atoms with Crippen molar-refractivity contribution in [1.29, 1.82) is 0 Å². The third-order valence-electron chi connectivity index (χ3n) is 4.40. The summed E-state index contributed by atoms with van der Waals surface area (Å²) in [5, 5.41) is 4.81. The van der Waals surface area contributed by atoms with E-state index in [9.17, 15) is 9.18 Å². The number of carbonyl (C=O) groups is 1. The molecule has 0 spiro atoms. The number of nitrogens with two attached hydrogens (primary N) is 1. The Morgan fingerprint density at radius 1 is 1.21 bits per heavy atom. The van der Waals surface area contributed by atoms with Crippen molar-refractivity contribution in [2.24, 2.45) is 0 Å². The van der Waals surface area contributed by atoms with Gasteiger partial charge in [-0.1, -0.05) is 0 Å². The van der Waals surface area contributed by atoms with Gasteiger partial charge in [0.05, 0.1) is 23.9 Å². The van der Waals surface area contributed by atoms with Crippen LogP contribution in [-0.4, -0.2) is 27.8 Å². The first-order valence-corrected chi connectivity index (χ1v) is 8.75. The summed E-state index contributed by atoms with van der Waals surface area (Å²) >= 11 is 0. The lowest BCUT2D eigenvalue weighted by Crippen LogP contribution is -2.09. The van der Waals surface area contributed by atoms with Gasteiger partial charge in [0.1, 0.15) is 12.4 Å². The van der Waals surface area contributed by atoms with Gasteiger partial charge in [-0.3, -0.25) is 0 Å². The molecule has 8 heteroatoms. The van der Waals surface area contributed by atoms with Crippen molar-refractivity contribution in [2.45, 2.75) is 6.61 Å². The molecule has 0 atom stereocenters. The summed E-state index contributed by atoms with van der Waals surface area (Å²) in [6.45, 7) is 0.0900. The second kappa shape index (κ2) is 7.59. The summed E-state index contributed by atoms with van der Waals surface area (Å²) in [5.74, 6) is -0.325. The molecule has 0 fully saturated rings. The van der Waals surface area contributed by atoms with Crippen LogP contribution in [0.4, 0.5) is 10.2 Å². The highest BCUT2D eigenvalue weighted by Crippen LogP contribution is 2.27. The van der Waals surface area contributed by atoms with Crippen molar-refractivity contribution in [3.63, 3.8) is 0 Å². The van der Waals surface area contributed by atoms with Crippen LogP contribution in [0, 0.1) is 5.82 Å². The van der Waals surface area contributed by atoms with Gasteiger partial charge in [-0.15, -0.1) is 0 Å². The van der Waals surface area contributed by atoms with E-state index in [0.717, 1.165) is 5.69 Å². The summed E-state index contributed by atoms with van der Waals surface area (Å²) in [7, 11) is 1.32. The molecule has 2 N–H and O–H groups in total. The molecule has 2 aromatic carbocycles. The lowest BCUT2D eigenvalue weighted by molar-refractivity contribution is 0.0600. The first kappa shape index (κ1) is 18.4. The normalized spacial score (nSPS) is 10.8. The highest BCUT2D eigenvalue weighted by atomic mass is 19.1. The molecule has 0 aliphatic rings. The van der Waals surface area contributed by atoms with E-state index >= 15 is 0 Å². The number of hydrogen-bond donors (Lipinski definition) is 1. The van der Waals surface area contributed by atoms with Crippen LogP contribution >= 0.6 is 0 Å².